The first-order valence-corrected chi connectivity index (χ1v) is 6.23. The predicted molar refractivity (Wildman–Crippen MR) is 56.5 cm³/mol. The second-order valence-electron chi connectivity index (χ2n) is 2.82. The average Bonchev–Trinajstić information content (AvgIpc) is 2.14. The number of rotatable bonds is 7. The molecule has 8 nitrogen and oxygen atoms in total. The van der Waals surface area contributed by atoms with Gasteiger partial charge in [-0.25, -0.2) is 17.9 Å². The van der Waals surface area contributed by atoms with Crippen LogP contribution >= 0.6 is 0 Å². The van der Waals surface area contributed by atoms with E-state index >= 15 is 0 Å². The molecule has 94 valence electrons. The Bertz CT molecular complexity index is 340. The maximum Gasteiger partial charge on any atom is 0.323 e. The number of nitrogens with one attached hydrogen (secondary N) is 3. The minimum absolute atomic E-state index is 0.0826. The highest BCUT2D eigenvalue weighted by molar-refractivity contribution is 7.89. The van der Waals surface area contributed by atoms with Crippen molar-refractivity contribution in [3.8, 4) is 0 Å². The van der Waals surface area contributed by atoms with Gasteiger partial charge in [-0.3, -0.25) is 4.79 Å². The number of carbonyl (C=O) groups excluding carboxylic acids is 1. The summed E-state index contributed by atoms with van der Waals surface area (Å²) in [6.45, 7) is 1.34. The van der Waals surface area contributed by atoms with Gasteiger partial charge in [0.25, 0.3) is 0 Å². The van der Waals surface area contributed by atoms with Crippen molar-refractivity contribution < 1.29 is 23.1 Å². The molecule has 16 heavy (non-hydrogen) atoms. The summed E-state index contributed by atoms with van der Waals surface area (Å²) in [5.74, 6) is -1.42. The third kappa shape index (κ3) is 8.00. The van der Waals surface area contributed by atoms with E-state index in [1.54, 1.807) is 6.92 Å². The summed E-state index contributed by atoms with van der Waals surface area (Å²) in [5, 5.41) is 12.5. The van der Waals surface area contributed by atoms with Crippen molar-refractivity contribution in [2.75, 3.05) is 25.4 Å². The molecule has 0 aromatic carbocycles. The van der Waals surface area contributed by atoms with Crippen LogP contribution in [0, 0.1) is 0 Å². The zero-order valence-electron chi connectivity index (χ0n) is 8.82. The summed E-state index contributed by atoms with van der Waals surface area (Å²) >= 11 is 0. The Morgan fingerprint density at radius 3 is 2.38 bits per heavy atom. The molecule has 0 bridgehead atoms. The first-order valence-electron chi connectivity index (χ1n) is 4.58. The van der Waals surface area contributed by atoms with Gasteiger partial charge in [-0.2, -0.15) is 0 Å². The Balaban J connectivity index is 3.74. The van der Waals surface area contributed by atoms with Crippen LogP contribution in [0.3, 0.4) is 0 Å². The van der Waals surface area contributed by atoms with Gasteiger partial charge in [-0.1, -0.05) is 6.92 Å². The summed E-state index contributed by atoms with van der Waals surface area (Å²) < 4.78 is 24.5. The van der Waals surface area contributed by atoms with E-state index in [-0.39, 0.29) is 18.8 Å². The number of sulfonamides is 1. The van der Waals surface area contributed by atoms with Crippen LogP contribution in [0.2, 0.25) is 0 Å². The molecule has 0 fully saturated rings. The van der Waals surface area contributed by atoms with Crippen molar-refractivity contribution in [1.82, 2.24) is 15.4 Å². The third-order valence-corrected chi connectivity index (χ3v) is 2.89. The van der Waals surface area contributed by atoms with E-state index in [2.05, 4.69) is 10.0 Å². The SMILES string of the molecule is CCNS(=O)(=O)CCNC(=O)NCC(=O)O. The number of hydrogen-bond donors (Lipinski definition) is 4. The molecule has 0 aliphatic carbocycles. The van der Waals surface area contributed by atoms with Gasteiger partial charge in [0.15, 0.2) is 0 Å². The van der Waals surface area contributed by atoms with Gasteiger partial charge in [0.2, 0.25) is 10.0 Å². The number of hydrogen-bond acceptors (Lipinski definition) is 4. The van der Waals surface area contributed by atoms with Crippen LogP contribution in [0.1, 0.15) is 6.92 Å². The highest BCUT2D eigenvalue weighted by Gasteiger charge is 2.09. The summed E-state index contributed by atoms with van der Waals surface area (Å²) in [4.78, 5) is 21.0. The minimum atomic E-state index is -3.37. The van der Waals surface area contributed by atoms with E-state index in [0.29, 0.717) is 0 Å². The van der Waals surface area contributed by atoms with E-state index < -0.39 is 28.6 Å². The zero-order chi connectivity index (χ0) is 12.6. The van der Waals surface area contributed by atoms with Crippen LogP contribution in [0.4, 0.5) is 4.79 Å². The largest absolute Gasteiger partial charge is 0.480 e. The Kier molecular flexibility index (Phi) is 6.42. The lowest BCUT2D eigenvalue weighted by Crippen LogP contribution is -2.41. The van der Waals surface area contributed by atoms with Crippen LogP contribution in [-0.4, -0.2) is 50.9 Å². The number of carboxylic acid groups (broad SMARTS) is 1. The van der Waals surface area contributed by atoms with Crippen molar-refractivity contribution in [1.29, 1.82) is 0 Å². The standard InChI is InChI=1S/C7H15N3O5S/c1-2-10-16(14,15)4-3-8-7(13)9-5-6(11)12/h10H,2-5H2,1H3,(H,11,12)(H2,8,9,13). The molecule has 0 saturated heterocycles. The monoisotopic (exact) mass is 253 g/mol. The fourth-order valence-electron chi connectivity index (χ4n) is 0.809. The van der Waals surface area contributed by atoms with Gasteiger partial charge in [-0.05, 0) is 0 Å². The number of carbonyl (C=O) groups is 2. The Hall–Kier alpha value is -1.35. The highest BCUT2D eigenvalue weighted by atomic mass is 32.2. The molecule has 0 aromatic heterocycles. The predicted octanol–water partition coefficient (Wildman–Crippen LogP) is -1.69. The lowest BCUT2D eigenvalue weighted by Gasteiger charge is -2.06. The average molecular weight is 253 g/mol. The topological polar surface area (TPSA) is 125 Å². The van der Waals surface area contributed by atoms with Gasteiger partial charge in [0, 0.05) is 13.1 Å². The summed E-state index contributed by atoms with van der Waals surface area (Å²) in [7, 11) is -3.37. The van der Waals surface area contributed by atoms with Crippen LogP contribution in [0.15, 0.2) is 0 Å². The van der Waals surface area contributed by atoms with E-state index in [1.165, 1.54) is 0 Å². The molecular weight excluding hydrogens is 238 g/mol. The zero-order valence-corrected chi connectivity index (χ0v) is 9.63. The van der Waals surface area contributed by atoms with Crippen molar-refractivity contribution in [2.45, 2.75) is 6.92 Å². The van der Waals surface area contributed by atoms with E-state index in [9.17, 15) is 18.0 Å². The molecule has 4 N–H and O–H groups in total. The van der Waals surface area contributed by atoms with Gasteiger partial charge < -0.3 is 15.7 Å². The molecule has 0 heterocycles. The first-order chi connectivity index (χ1) is 7.37. The quantitative estimate of drug-likeness (QED) is 0.431. The first kappa shape index (κ1) is 14.6. The Morgan fingerprint density at radius 2 is 1.88 bits per heavy atom. The maximum absolute atomic E-state index is 11.1. The fraction of sp³-hybridized carbons (Fsp3) is 0.714. The van der Waals surface area contributed by atoms with E-state index in [1.807, 2.05) is 5.32 Å². The smallest absolute Gasteiger partial charge is 0.323 e. The molecule has 2 amide bonds. The maximum atomic E-state index is 11.1. The Morgan fingerprint density at radius 1 is 1.25 bits per heavy atom. The molecule has 0 radical (unpaired) electrons. The van der Waals surface area contributed by atoms with Gasteiger partial charge >= 0.3 is 12.0 Å². The summed E-state index contributed by atoms with van der Waals surface area (Å²) in [6.07, 6.45) is 0. The van der Waals surface area contributed by atoms with Crippen LogP contribution in [0.5, 0.6) is 0 Å². The normalized spacial score (nSPS) is 10.8. The van der Waals surface area contributed by atoms with Crippen molar-refractivity contribution in [3.63, 3.8) is 0 Å². The molecule has 0 aliphatic rings. The molecule has 0 aromatic rings. The molecule has 0 rings (SSSR count). The van der Waals surface area contributed by atoms with Gasteiger partial charge in [-0.15, -0.1) is 0 Å². The number of aliphatic carboxylic acids is 1. The minimum Gasteiger partial charge on any atom is -0.480 e. The molecule has 0 saturated carbocycles. The van der Waals surface area contributed by atoms with Gasteiger partial charge in [0.1, 0.15) is 6.54 Å². The summed E-state index contributed by atoms with van der Waals surface area (Å²) in [6, 6.07) is -0.714. The molecule has 9 heteroatoms. The van der Waals surface area contributed by atoms with Crippen molar-refractivity contribution in [3.05, 3.63) is 0 Å². The second kappa shape index (κ2) is 7.01. The van der Waals surface area contributed by atoms with Crippen LogP contribution in [0.25, 0.3) is 0 Å². The highest BCUT2D eigenvalue weighted by Crippen LogP contribution is 1.81. The van der Waals surface area contributed by atoms with E-state index in [0.717, 1.165) is 0 Å². The molecule has 0 aliphatic heterocycles. The number of carboxylic acids is 1. The summed E-state index contributed by atoms with van der Waals surface area (Å²) in [5.41, 5.74) is 0. The number of amides is 2. The second-order valence-corrected chi connectivity index (χ2v) is 4.75. The fourth-order valence-corrected chi connectivity index (χ4v) is 1.76. The van der Waals surface area contributed by atoms with Crippen LogP contribution in [-0.2, 0) is 14.8 Å². The van der Waals surface area contributed by atoms with Crippen molar-refractivity contribution >= 4 is 22.0 Å². The van der Waals surface area contributed by atoms with Crippen LogP contribution < -0.4 is 15.4 Å². The molecular formula is C7H15N3O5S. The molecule has 0 spiro atoms. The molecule has 0 atom stereocenters. The van der Waals surface area contributed by atoms with E-state index in [4.69, 9.17) is 5.11 Å². The lowest BCUT2D eigenvalue weighted by atomic mass is 10.6. The molecule has 0 unspecified atom stereocenters. The van der Waals surface area contributed by atoms with Gasteiger partial charge in [0.05, 0.1) is 5.75 Å². The Labute approximate surface area is 93.5 Å². The number of urea groups is 1. The lowest BCUT2D eigenvalue weighted by molar-refractivity contribution is -0.135. The third-order valence-electron chi connectivity index (χ3n) is 1.42. The van der Waals surface area contributed by atoms with Crippen molar-refractivity contribution in [2.24, 2.45) is 0 Å².